The number of hydrogen-bond donors (Lipinski definition) is 2. The van der Waals surface area contributed by atoms with E-state index in [2.05, 4.69) is 21.2 Å². The van der Waals surface area contributed by atoms with Crippen molar-refractivity contribution in [2.75, 3.05) is 11.9 Å². The van der Waals surface area contributed by atoms with Crippen molar-refractivity contribution in [2.45, 2.75) is 31.0 Å². The smallest absolute Gasteiger partial charge is 0.161 e. The summed E-state index contributed by atoms with van der Waals surface area (Å²) in [5.41, 5.74) is 6.77. The molecule has 1 aromatic carbocycles. The first-order valence-corrected chi connectivity index (χ1v) is 7.44. The van der Waals surface area contributed by atoms with Gasteiger partial charge in [0, 0.05) is 18.6 Å². The molecule has 4 atom stereocenters. The number of halogens is 2. The molecule has 20 heavy (non-hydrogen) atoms. The molecule has 1 aliphatic heterocycles. The van der Waals surface area contributed by atoms with E-state index >= 15 is 0 Å². The summed E-state index contributed by atoms with van der Waals surface area (Å²) in [7, 11) is 0. The molecule has 0 amide bonds. The van der Waals surface area contributed by atoms with Crippen LogP contribution in [0.5, 0.6) is 0 Å². The number of anilines is 1. The van der Waals surface area contributed by atoms with Crippen LogP contribution in [0.1, 0.15) is 18.4 Å². The Hall–Kier alpha value is -1.16. The van der Waals surface area contributed by atoms with Crippen LogP contribution in [0.15, 0.2) is 16.6 Å². The normalized spacial score (nSPS) is 31.9. The fourth-order valence-corrected chi connectivity index (χ4v) is 3.49. The van der Waals surface area contributed by atoms with Crippen molar-refractivity contribution < 1.29 is 9.13 Å². The van der Waals surface area contributed by atoms with Crippen LogP contribution >= 0.6 is 15.9 Å². The number of benzene rings is 1. The van der Waals surface area contributed by atoms with E-state index in [9.17, 15) is 4.39 Å². The van der Waals surface area contributed by atoms with Crippen LogP contribution in [0.3, 0.4) is 0 Å². The van der Waals surface area contributed by atoms with Gasteiger partial charge in [0.05, 0.1) is 27.9 Å². The lowest BCUT2D eigenvalue weighted by Gasteiger charge is -2.52. The summed E-state index contributed by atoms with van der Waals surface area (Å²) < 4.78 is 20.1. The topological polar surface area (TPSA) is 71.1 Å². The molecule has 106 valence electrons. The number of ether oxygens (including phenoxy) is 1. The van der Waals surface area contributed by atoms with Gasteiger partial charge in [0.25, 0.3) is 0 Å². The zero-order chi connectivity index (χ0) is 14.3. The number of hydrogen-bond acceptors (Lipinski definition) is 4. The first-order chi connectivity index (χ1) is 9.63. The van der Waals surface area contributed by atoms with Crippen molar-refractivity contribution in [1.82, 2.24) is 0 Å². The molecule has 3 N–H and O–H groups in total. The summed E-state index contributed by atoms with van der Waals surface area (Å²) in [4.78, 5) is 0. The van der Waals surface area contributed by atoms with Crippen LogP contribution in [0.2, 0.25) is 0 Å². The lowest BCUT2D eigenvalue weighted by Crippen LogP contribution is -2.69. The molecule has 1 saturated heterocycles. The van der Waals surface area contributed by atoms with E-state index in [-0.39, 0.29) is 28.2 Å². The van der Waals surface area contributed by atoms with E-state index in [0.29, 0.717) is 11.6 Å². The highest BCUT2D eigenvalue weighted by Crippen LogP contribution is 2.39. The van der Waals surface area contributed by atoms with Gasteiger partial charge in [-0.2, -0.15) is 5.26 Å². The predicted molar refractivity (Wildman–Crippen MR) is 76.7 cm³/mol. The summed E-state index contributed by atoms with van der Waals surface area (Å²) in [6, 6.07) is 4.99. The first-order valence-electron chi connectivity index (χ1n) is 6.65. The van der Waals surface area contributed by atoms with Crippen LogP contribution in [0, 0.1) is 23.1 Å². The minimum atomic E-state index is -0.462. The van der Waals surface area contributed by atoms with Gasteiger partial charge < -0.3 is 15.8 Å². The predicted octanol–water partition coefficient (Wildman–Crippen LogP) is 2.38. The molecule has 0 spiro atoms. The van der Waals surface area contributed by atoms with Crippen molar-refractivity contribution in [3.63, 3.8) is 0 Å². The quantitative estimate of drug-likeness (QED) is 0.867. The Bertz CT molecular complexity index is 574. The molecule has 0 bridgehead atoms. The number of nitriles is 1. The minimum absolute atomic E-state index is 0.0193. The zero-order valence-corrected chi connectivity index (χ0v) is 12.4. The molecule has 3 rings (SSSR count). The Morgan fingerprint density at radius 2 is 2.30 bits per heavy atom. The summed E-state index contributed by atoms with van der Waals surface area (Å²) in [6.07, 6.45) is 2.18. The average Bonchev–Trinajstić information content (AvgIpc) is 2.48. The zero-order valence-electron chi connectivity index (χ0n) is 10.8. The van der Waals surface area contributed by atoms with Gasteiger partial charge in [-0.05, 0) is 40.9 Å². The summed E-state index contributed by atoms with van der Waals surface area (Å²) in [6.45, 7) is 0.742. The van der Waals surface area contributed by atoms with Crippen molar-refractivity contribution >= 4 is 21.6 Å². The van der Waals surface area contributed by atoms with Crippen LogP contribution in [0.4, 0.5) is 10.1 Å². The third-order valence-electron chi connectivity index (χ3n) is 4.20. The van der Waals surface area contributed by atoms with Crippen LogP contribution in [-0.4, -0.2) is 24.8 Å². The lowest BCUT2D eigenvalue weighted by molar-refractivity contribution is -0.104. The highest BCUT2D eigenvalue weighted by atomic mass is 79.9. The van der Waals surface area contributed by atoms with Gasteiger partial charge in [-0.15, -0.1) is 0 Å². The highest BCUT2D eigenvalue weighted by molar-refractivity contribution is 9.10. The minimum Gasteiger partial charge on any atom is -0.376 e. The molecule has 2 aliphatic rings. The summed E-state index contributed by atoms with van der Waals surface area (Å²) in [5.74, 6) is -0.0957. The maximum absolute atomic E-state index is 14.2. The van der Waals surface area contributed by atoms with Gasteiger partial charge in [-0.1, -0.05) is 0 Å². The second kappa shape index (κ2) is 5.32. The molecular formula is C14H15BrFN3O. The monoisotopic (exact) mass is 339 g/mol. The maximum Gasteiger partial charge on any atom is 0.161 e. The molecular weight excluding hydrogens is 325 g/mol. The van der Waals surface area contributed by atoms with Crippen molar-refractivity contribution in [3.8, 4) is 6.07 Å². The molecule has 1 aliphatic carbocycles. The number of fused-ring (bicyclic) bond motifs is 1. The number of nitrogens with two attached hydrogens (primary N) is 1. The summed E-state index contributed by atoms with van der Waals surface area (Å²) >= 11 is 3.11. The van der Waals surface area contributed by atoms with Gasteiger partial charge >= 0.3 is 0 Å². The first kappa shape index (κ1) is 13.8. The Balaban J connectivity index is 1.79. The highest BCUT2D eigenvalue weighted by Gasteiger charge is 2.50. The average molecular weight is 340 g/mol. The molecule has 1 saturated carbocycles. The second-order valence-corrected chi connectivity index (χ2v) is 6.08. The lowest BCUT2D eigenvalue weighted by atomic mass is 9.68. The number of nitrogens with zero attached hydrogens (tertiary/aromatic N) is 1. The Labute approximate surface area is 125 Å². The van der Waals surface area contributed by atoms with Crippen molar-refractivity contribution in [1.29, 1.82) is 5.26 Å². The van der Waals surface area contributed by atoms with Crippen LogP contribution in [-0.2, 0) is 4.74 Å². The van der Waals surface area contributed by atoms with Crippen molar-refractivity contribution in [2.24, 2.45) is 11.7 Å². The Kier molecular flexibility index (Phi) is 3.67. The van der Waals surface area contributed by atoms with E-state index in [1.165, 1.54) is 0 Å². The standard InChI is InChI=1S/C14H15BrFN3O/c15-10-7(6-17)3-4-9(11(10)16)19-13-12(18)8-2-1-5-20-14(8)13/h3-4,8,12-14,19H,1-2,5,18H2. The van der Waals surface area contributed by atoms with E-state index in [1.807, 2.05) is 6.07 Å². The second-order valence-electron chi connectivity index (χ2n) is 5.29. The molecule has 1 aromatic rings. The fourth-order valence-electron chi connectivity index (χ4n) is 3.05. The number of nitrogens with one attached hydrogen (secondary N) is 1. The molecule has 0 radical (unpaired) electrons. The molecule has 6 heteroatoms. The molecule has 4 unspecified atom stereocenters. The fraction of sp³-hybridized carbons (Fsp3) is 0.500. The third kappa shape index (κ3) is 2.10. The van der Waals surface area contributed by atoms with Gasteiger partial charge in [0.1, 0.15) is 6.07 Å². The van der Waals surface area contributed by atoms with Gasteiger partial charge in [0.2, 0.25) is 0 Å². The van der Waals surface area contributed by atoms with Gasteiger partial charge in [-0.3, -0.25) is 0 Å². The molecule has 0 aromatic heterocycles. The van der Waals surface area contributed by atoms with Gasteiger partial charge in [-0.25, -0.2) is 4.39 Å². The largest absolute Gasteiger partial charge is 0.376 e. The SMILES string of the molecule is N#Cc1ccc(NC2C(N)C3CCCOC32)c(F)c1Br. The molecule has 4 nitrogen and oxygen atoms in total. The van der Waals surface area contributed by atoms with E-state index < -0.39 is 5.82 Å². The van der Waals surface area contributed by atoms with E-state index in [0.717, 1.165) is 19.4 Å². The van der Waals surface area contributed by atoms with Gasteiger partial charge in [0.15, 0.2) is 5.82 Å². The maximum atomic E-state index is 14.2. The Morgan fingerprint density at radius 1 is 1.50 bits per heavy atom. The van der Waals surface area contributed by atoms with E-state index in [4.69, 9.17) is 15.7 Å². The number of rotatable bonds is 2. The van der Waals surface area contributed by atoms with E-state index in [1.54, 1.807) is 12.1 Å². The Morgan fingerprint density at radius 3 is 3.05 bits per heavy atom. The third-order valence-corrected chi connectivity index (χ3v) is 4.98. The van der Waals surface area contributed by atoms with Crippen LogP contribution in [0.25, 0.3) is 0 Å². The van der Waals surface area contributed by atoms with Crippen LogP contribution < -0.4 is 11.1 Å². The molecule has 1 heterocycles. The van der Waals surface area contributed by atoms with Crippen molar-refractivity contribution in [3.05, 3.63) is 28.0 Å². The molecule has 2 fully saturated rings. The summed E-state index contributed by atoms with van der Waals surface area (Å²) in [5, 5.41) is 12.0.